The second-order valence-electron chi connectivity index (χ2n) is 6.36. The first-order chi connectivity index (χ1) is 6.47. The molecule has 0 atom stereocenters. The lowest BCUT2D eigenvalue weighted by Crippen LogP contribution is -2.41. The van der Waals surface area contributed by atoms with Gasteiger partial charge in [0.15, 0.2) is 0 Å². The normalized spacial score (nSPS) is 24.3. The SMILES string of the molecule is C=C(B1OC(C)(C)C(C)(C)O1)C(C)(C)C. The van der Waals surface area contributed by atoms with Crippen molar-refractivity contribution in [2.45, 2.75) is 59.7 Å². The third-order valence-corrected chi connectivity index (χ3v) is 3.50. The highest BCUT2D eigenvalue weighted by molar-refractivity contribution is 6.54. The molecule has 1 fully saturated rings. The maximum absolute atomic E-state index is 5.93. The summed E-state index contributed by atoms with van der Waals surface area (Å²) in [4.78, 5) is 0. The van der Waals surface area contributed by atoms with E-state index in [1.54, 1.807) is 0 Å². The average Bonchev–Trinajstić information content (AvgIpc) is 2.18. The summed E-state index contributed by atoms with van der Waals surface area (Å²) in [6, 6.07) is 0. The molecule has 2 nitrogen and oxygen atoms in total. The quantitative estimate of drug-likeness (QED) is 0.618. The van der Waals surface area contributed by atoms with E-state index >= 15 is 0 Å². The number of rotatable bonds is 1. The summed E-state index contributed by atoms with van der Waals surface area (Å²) in [5, 5.41) is 0. The zero-order valence-electron chi connectivity index (χ0n) is 11.1. The highest BCUT2D eigenvalue weighted by Gasteiger charge is 2.53. The van der Waals surface area contributed by atoms with E-state index < -0.39 is 0 Å². The fourth-order valence-electron chi connectivity index (χ4n) is 1.34. The van der Waals surface area contributed by atoms with Gasteiger partial charge in [-0.3, -0.25) is 0 Å². The van der Waals surface area contributed by atoms with E-state index in [0.717, 1.165) is 5.47 Å². The van der Waals surface area contributed by atoms with Gasteiger partial charge < -0.3 is 9.31 Å². The van der Waals surface area contributed by atoms with Crippen LogP contribution in [0, 0.1) is 5.41 Å². The molecule has 3 heteroatoms. The van der Waals surface area contributed by atoms with Gasteiger partial charge in [-0.05, 0) is 38.6 Å². The standard InChI is InChI=1S/C12H23BO2/c1-9(10(2,3)4)13-14-11(5,6)12(7,8)15-13/h1H2,2-8H3. The van der Waals surface area contributed by atoms with Gasteiger partial charge in [0.1, 0.15) is 0 Å². The van der Waals surface area contributed by atoms with E-state index in [1.807, 2.05) is 0 Å². The topological polar surface area (TPSA) is 18.5 Å². The molecule has 1 saturated heterocycles. The van der Waals surface area contributed by atoms with Crippen LogP contribution in [0.25, 0.3) is 0 Å². The Morgan fingerprint density at radius 3 is 1.60 bits per heavy atom. The van der Waals surface area contributed by atoms with Crippen LogP contribution in [-0.4, -0.2) is 18.3 Å². The van der Waals surface area contributed by atoms with E-state index in [0.29, 0.717) is 0 Å². The summed E-state index contributed by atoms with van der Waals surface area (Å²) in [6.07, 6.45) is 0. The fraction of sp³-hybridized carbons (Fsp3) is 0.833. The van der Waals surface area contributed by atoms with Crippen LogP contribution < -0.4 is 0 Å². The first-order valence-electron chi connectivity index (χ1n) is 5.52. The molecule has 0 unspecified atom stereocenters. The van der Waals surface area contributed by atoms with E-state index in [2.05, 4.69) is 55.0 Å². The third-order valence-electron chi connectivity index (χ3n) is 3.50. The summed E-state index contributed by atoms with van der Waals surface area (Å²) in [7, 11) is -0.282. The van der Waals surface area contributed by atoms with E-state index in [4.69, 9.17) is 9.31 Å². The van der Waals surface area contributed by atoms with Crippen LogP contribution in [0.1, 0.15) is 48.5 Å². The highest BCUT2D eigenvalue weighted by Crippen LogP contribution is 2.41. The maximum atomic E-state index is 5.93. The summed E-state index contributed by atoms with van der Waals surface area (Å²) < 4.78 is 11.9. The van der Waals surface area contributed by atoms with Crippen LogP contribution in [0.3, 0.4) is 0 Å². The number of hydrogen-bond donors (Lipinski definition) is 0. The lowest BCUT2D eigenvalue weighted by molar-refractivity contribution is 0.00578. The second-order valence-corrected chi connectivity index (χ2v) is 6.36. The van der Waals surface area contributed by atoms with Crippen molar-refractivity contribution in [2.75, 3.05) is 0 Å². The first-order valence-corrected chi connectivity index (χ1v) is 5.52. The third kappa shape index (κ3) is 2.29. The van der Waals surface area contributed by atoms with E-state index in [1.165, 1.54) is 0 Å². The molecule has 86 valence electrons. The van der Waals surface area contributed by atoms with Gasteiger partial charge in [0, 0.05) is 0 Å². The molecule has 0 spiro atoms. The summed E-state index contributed by atoms with van der Waals surface area (Å²) in [6.45, 7) is 18.7. The van der Waals surface area contributed by atoms with E-state index in [-0.39, 0.29) is 23.7 Å². The molecular formula is C12H23BO2. The molecule has 1 heterocycles. The Balaban J connectivity index is 2.85. The van der Waals surface area contributed by atoms with Crippen molar-refractivity contribution in [3.63, 3.8) is 0 Å². The molecule has 1 aliphatic rings. The summed E-state index contributed by atoms with van der Waals surface area (Å²) in [5.74, 6) is 0. The van der Waals surface area contributed by atoms with Gasteiger partial charge in [0.05, 0.1) is 11.2 Å². The molecular weight excluding hydrogens is 187 g/mol. The van der Waals surface area contributed by atoms with Crippen molar-refractivity contribution < 1.29 is 9.31 Å². The maximum Gasteiger partial charge on any atom is 0.490 e. The molecule has 15 heavy (non-hydrogen) atoms. The van der Waals surface area contributed by atoms with Crippen molar-refractivity contribution in [1.29, 1.82) is 0 Å². The Labute approximate surface area is 94.2 Å². The fourth-order valence-corrected chi connectivity index (χ4v) is 1.34. The van der Waals surface area contributed by atoms with Crippen LogP contribution in [0.5, 0.6) is 0 Å². The van der Waals surface area contributed by atoms with Crippen LogP contribution in [0.15, 0.2) is 12.1 Å². The van der Waals surface area contributed by atoms with Gasteiger partial charge in [0.2, 0.25) is 0 Å². The number of hydrogen-bond acceptors (Lipinski definition) is 2. The molecule has 0 aromatic heterocycles. The Kier molecular flexibility index (Phi) is 2.86. The second kappa shape index (κ2) is 3.36. The Bertz CT molecular complexity index is 258. The zero-order chi connectivity index (χ0) is 12.1. The monoisotopic (exact) mass is 210 g/mol. The zero-order valence-corrected chi connectivity index (χ0v) is 11.1. The van der Waals surface area contributed by atoms with Crippen molar-refractivity contribution in [1.82, 2.24) is 0 Å². The van der Waals surface area contributed by atoms with Crippen molar-refractivity contribution in [2.24, 2.45) is 5.41 Å². The summed E-state index contributed by atoms with van der Waals surface area (Å²) >= 11 is 0. The minimum absolute atomic E-state index is 0.0150. The Morgan fingerprint density at radius 2 is 1.33 bits per heavy atom. The van der Waals surface area contributed by atoms with Gasteiger partial charge in [-0.2, -0.15) is 0 Å². The molecule has 0 N–H and O–H groups in total. The molecule has 1 aliphatic heterocycles. The van der Waals surface area contributed by atoms with Gasteiger partial charge in [-0.25, -0.2) is 0 Å². The Hall–Kier alpha value is -0.275. The van der Waals surface area contributed by atoms with Gasteiger partial charge in [-0.15, -0.1) is 6.58 Å². The lowest BCUT2D eigenvalue weighted by Gasteiger charge is -2.32. The summed E-state index contributed by atoms with van der Waals surface area (Å²) in [5.41, 5.74) is 0.472. The number of allylic oxidation sites excluding steroid dienone is 1. The largest absolute Gasteiger partial charge is 0.490 e. The van der Waals surface area contributed by atoms with Crippen LogP contribution in [0.4, 0.5) is 0 Å². The van der Waals surface area contributed by atoms with Gasteiger partial charge in [-0.1, -0.05) is 20.8 Å². The predicted molar refractivity (Wildman–Crippen MR) is 64.7 cm³/mol. The van der Waals surface area contributed by atoms with Crippen LogP contribution in [0.2, 0.25) is 0 Å². The molecule has 1 rings (SSSR count). The minimum Gasteiger partial charge on any atom is -0.400 e. The van der Waals surface area contributed by atoms with E-state index in [9.17, 15) is 0 Å². The lowest BCUT2D eigenvalue weighted by atomic mass is 9.66. The van der Waals surface area contributed by atoms with Crippen molar-refractivity contribution in [3.8, 4) is 0 Å². The van der Waals surface area contributed by atoms with Gasteiger partial charge in [0.25, 0.3) is 0 Å². The molecule has 0 bridgehead atoms. The van der Waals surface area contributed by atoms with Crippen LogP contribution >= 0.6 is 0 Å². The first kappa shape index (κ1) is 12.8. The molecule has 0 aromatic carbocycles. The molecule has 0 saturated carbocycles. The molecule has 0 aliphatic carbocycles. The molecule has 0 radical (unpaired) electrons. The smallest absolute Gasteiger partial charge is 0.400 e. The predicted octanol–water partition coefficient (Wildman–Crippen LogP) is 3.22. The van der Waals surface area contributed by atoms with Crippen molar-refractivity contribution >= 4 is 7.12 Å². The average molecular weight is 210 g/mol. The molecule has 0 amide bonds. The Morgan fingerprint density at radius 1 is 1.00 bits per heavy atom. The van der Waals surface area contributed by atoms with Crippen molar-refractivity contribution in [3.05, 3.63) is 12.1 Å². The van der Waals surface area contributed by atoms with Gasteiger partial charge >= 0.3 is 7.12 Å². The molecule has 0 aromatic rings. The highest BCUT2D eigenvalue weighted by atomic mass is 16.7. The van der Waals surface area contributed by atoms with Crippen LogP contribution in [-0.2, 0) is 9.31 Å². The minimum atomic E-state index is -0.282.